The summed E-state index contributed by atoms with van der Waals surface area (Å²) < 4.78 is 2.78. The van der Waals surface area contributed by atoms with Crippen LogP contribution in [0.4, 0.5) is 5.69 Å². The monoisotopic (exact) mass is 300 g/mol. The number of benzene rings is 1. The molecule has 3 aromatic rings. The molecule has 6 heteroatoms. The highest BCUT2D eigenvalue weighted by Crippen LogP contribution is 2.35. The zero-order valence-corrected chi connectivity index (χ0v) is 12.7. The fourth-order valence-electron chi connectivity index (χ4n) is 2.27. The summed E-state index contributed by atoms with van der Waals surface area (Å²) in [7, 11) is 1.85. The summed E-state index contributed by atoms with van der Waals surface area (Å²) in [5, 5.41) is 7.91. The van der Waals surface area contributed by atoms with E-state index in [0.29, 0.717) is 17.1 Å². The number of hydrogen-bond donors (Lipinski definition) is 2. The van der Waals surface area contributed by atoms with Crippen LogP contribution in [0.3, 0.4) is 0 Å². The van der Waals surface area contributed by atoms with Gasteiger partial charge in [0.2, 0.25) is 0 Å². The van der Waals surface area contributed by atoms with E-state index in [9.17, 15) is 4.79 Å². The van der Waals surface area contributed by atoms with Gasteiger partial charge < -0.3 is 11.1 Å². The van der Waals surface area contributed by atoms with Crippen LogP contribution in [-0.4, -0.2) is 15.7 Å². The zero-order chi connectivity index (χ0) is 15.0. The van der Waals surface area contributed by atoms with E-state index < -0.39 is 0 Å². The standard InChI is InChI=1S/C15H16N4OS/c1-9-4-3-5-11-12(16)14(21-13(9)11)15(20)17-6-10-7-18-19(2)8-10/h3-5,7-8H,6,16H2,1-2H3,(H,17,20). The van der Waals surface area contributed by atoms with Crippen molar-refractivity contribution in [3.63, 3.8) is 0 Å². The van der Waals surface area contributed by atoms with Crippen molar-refractivity contribution < 1.29 is 4.79 Å². The maximum atomic E-state index is 12.3. The Balaban J connectivity index is 1.84. The lowest BCUT2D eigenvalue weighted by Gasteiger charge is -2.02. The number of aromatic nitrogens is 2. The van der Waals surface area contributed by atoms with Crippen LogP contribution in [-0.2, 0) is 13.6 Å². The van der Waals surface area contributed by atoms with Crippen molar-refractivity contribution in [2.24, 2.45) is 7.05 Å². The van der Waals surface area contributed by atoms with Crippen molar-refractivity contribution in [2.75, 3.05) is 5.73 Å². The van der Waals surface area contributed by atoms with Crippen LogP contribution >= 0.6 is 11.3 Å². The van der Waals surface area contributed by atoms with Gasteiger partial charge in [-0.05, 0) is 12.5 Å². The molecule has 0 aliphatic carbocycles. The van der Waals surface area contributed by atoms with Crippen LogP contribution in [0.2, 0.25) is 0 Å². The van der Waals surface area contributed by atoms with Gasteiger partial charge >= 0.3 is 0 Å². The fourth-order valence-corrected chi connectivity index (χ4v) is 3.38. The molecule has 0 unspecified atom stereocenters. The molecule has 0 saturated heterocycles. The highest BCUT2D eigenvalue weighted by Gasteiger charge is 2.17. The van der Waals surface area contributed by atoms with Crippen molar-refractivity contribution in [3.8, 4) is 0 Å². The second kappa shape index (κ2) is 5.21. The molecule has 0 fully saturated rings. The molecule has 21 heavy (non-hydrogen) atoms. The molecular weight excluding hydrogens is 284 g/mol. The van der Waals surface area contributed by atoms with Crippen molar-refractivity contribution in [1.29, 1.82) is 0 Å². The highest BCUT2D eigenvalue weighted by atomic mass is 32.1. The number of nitrogens with one attached hydrogen (secondary N) is 1. The van der Waals surface area contributed by atoms with E-state index in [0.717, 1.165) is 21.2 Å². The number of anilines is 1. The van der Waals surface area contributed by atoms with Crippen molar-refractivity contribution in [3.05, 3.63) is 46.6 Å². The molecule has 0 bridgehead atoms. The molecule has 0 aliphatic rings. The number of hydrogen-bond acceptors (Lipinski definition) is 4. The van der Waals surface area contributed by atoms with Crippen LogP contribution < -0.4 is 11.1 Å². The minimum atomic E-state index is -0.142. The Kier molecular flexibility index (Phi) is 3.39. The molecular formula is C15H16N4OS. The van der Waals surface area contributed by atoms with Gasteiger partial charge in [-0.1, -0.05) is 18.2 Å². The summed E-state index contributed by atoms with van der Waals surface area (Å²) >= 11 is 1.44. The third kappa shape index (κ3) is 2.50. The van der Waals surface area contributed by atoms with Gasteiger partial charge in [0.15, 0.2) is 0 Å². The summed E-state index contributed by atoms with van der Waals surface area (Å²) in [6.07, 6.45) is 3.61. The van der Waals surface area contributed by atoms with E-state index in [-0.39, 0.29) is 5.91 Å². The van der Waals surface area contributed by atoms with Crippen molar-refractivity contribution in [1.82, 2.24) is 15.1 Å². The Morgan fingerprint density at radius 2 is 2.29 bits per heavy atom. The lowest BCUT2D eigenvalue weighted by atomic mass is 10.1. The second-order valence-electron chi connectivity index (χ2n) is 5.00. The molecule has 0 aliphatic heterocycles. The molecule has 3 rings (SSSR count). The van der Waals surface area contributed by atoms with Crippen LogP contribution in [0.25, 0.3) is 10.1 Å². The smallest absolute Gasteiger partial charge is 0.263 e. The van der Waals surface area contributed by atoms with Crippen LogP contribution in [0.5, 0.6) is 0 Å². The van der Waals surface area contributed by atoms with Crippen molar-refractivity contribution in [2.45, 2.75) is 13.5 Å². The van der Waals surface area contributed by atoms with Gasteiger partial charge in [-0.25, -0.2) is 0 Å². The third-order valence-electron chi connectivity index (χ3n) is 3.37. The van der Waals surface area contributed by atoms with E-state index >= 15 is 0 Å². The number of rotatable bonds is 3. The Morgan fingerprint density at radius 1 is 1.48 bits per heavy atom. The first-order valence-corrected chi connectivity index (χ1v) is 7.41. The van der Waals surface area contributed by atoms with Gasteiger partial charge in [0, 0.05) is 35.4 Å². The molecule has 3 N–H and O–H groups in total. The predicted octanol–water partition coefficient (Wildman–Crippen LogP) is 2.46. The van der Waals surface area contributed by atoms with Crippen LogP contribution in [0, 0.1) is 6.92 Å². The van der Waals surface area contributed by atoms with Crippen LogP contribution in [0.15, 0.2) is 30.6 Å². The highest BCUT2D eigenvalue weighted by molar-refractivity contribution is 7.21. The first-order chi connectivity index (χ1) is 10.1. The maximum absolute atomic E-state index is 12.3. The molecule has 1 amide bonds. The minimum Gasteiger partial charge on any atom is -0.397 e. The van der Waals surface area contributed by atoms with E-state index in [1.807, 2.05) is 38.4 Å². The predicted molar refractivity (Wildman–Crippen MR) is 85.4 cm³/mol. The molecule has 0 saturated carbocycles. The average Bonchev–Trinajstić information content (AvgIpc) is 3.02. The van der Waals surface area contributed by atoms with Gasteiger partial charge in [0.1, 0.15) is 4.88 Å². The third-order valence-corrected chi connectivity index (χ3v) is 4.72. The second-order valence-corrected chi connectivity index (χ2v) is 6.02. The molecule has 2 aromatic heterocycles. The number of carbonyl (C=O) groups is 1. The number of amides is 1. The number of nitrogens with zero attached hydrogens (tertiary/aromatic N) is 2. The molecule has 1 aromatic carbocycles. The van der Waals surface area contributed by atoms with Gasteiger partial charge in [-0.2, -0.15) is 5.10 Å². The van der Waals surface area contributed by atoms with Gasteiger partial charge in [0.05, 0.1) is 11.9 Å². The first-order valence-electron chi connectivity index (χ1n) is 6.59. The first kappa shape index (κ1) is 13.6. The number of nitrogens with two attached hydrogens (primary N) is 1. The lowest BCUT2D eigenvalue weighted by Crippen LogP contribution is -2.22. The Labute approximate surface area is 126 Å². The molecule has 2 heterocycles. The number of thiophene rings is 1. The van der Waals surface area contributed by atoms with Crippen LogP contribution in [0.1, 0.15) is 20.8 Å². The topological polar surface area (TPSA) is 72.9 Å². The SMILES string of the molecule is Cc1cccc2c(N)c(C(=O)NCc3cnn(C)c3)sc12. The maximum Gasteiger partial charge on any atom is 0.263 e. The van der Waals surface area contributed by atoms with E-state index in [1.54, 1.807) is 10.9 Å². The normalized spacial score (nSPS) is 11.0. The summed E-state index contributed by atoms with van der Waals surface area (Å²) in [4.78, 5) is 12.9. The quantitative estimate of drug-likeness (QED) is 0.780. The minimum absolute atomic E-state index is 0.142. The summed E-state index contributed by atoms with van der Waals surface area (Å²) in [6, 6.07) is 5.93. The van der Waals surface area contributed by atoms with E-state index in [1.165, 1.54) is 11.3 Å². The molecule has 0 atom stereocenters. The summed E-state index contributed by atoms with van der Waals surface area (Å²) in [5.74, 6) is -0.142. The number of carbonyl (C=O) groups excluding carboxylic acids is 1. The lowest BCUT2D eigenvalue weighted by molar-refractivity contribution is 0.0956. The number of aryl methyl sites for hydroxylation is 2. The molecule has 5 nitrogen and oxygen atoms in total. The number of fused-ring (bicyclic) bond motifs is 1. The Bertz CT molecular complexity index is 818. The Hall–Kier alpha value is -2.34. The largest absolute Gasteiger partial charge is 0.397 e. The van der Waals surface area contributed by atoms with Gasteiger partial charge in [0.25, 0.3) is 5.91 Å². The fraction of sp³-hybridized carbons (Fsp3) is 0.200. The van der Waals surface area contributed by atoms with Gasteiger partial charge in [-0.15, -0.1) is 11.3 Å². The molecule has 108 valence electrons. The summed E-state index contributed by atoms with van der Waals surface area (Å²) in [6.45, 7) is 2.47. The average molecular weight is 300 g/mol. The van der Waals surface area contributed by atoms with Crippen molar-refractivity contribution >= 4 is 33.0 Å². The van der Waals surface area contributed by atoms with E-state index in [2.05, 4.69) is 10.4 Å². The summed E-state index contributed by atoms with van der Waals surface area (Å²) in [5.41, 5.74) is 8.77. The Morgan fingerprint density at radius 3 is 2.95 bits per heavy atom. The van der Waals surface area contributed by atoms with Gasteiger partial charge in [-0.3, -0.25) is 9.48 Å². The zero-order valence-electron chi connectivity index (χ0n) is 11.9. The number of nitrogen functional groups attached to an aromatic ring is 1. The van der Waals surface area contributed by atoms with E-state index in [4.69, 9.17) is 5.73 Å². The molecule has 0 radical (unpaired) electrons. The molecule has 0 spiro atoms.